The van der Waals surface area contributed by atoms with Crippen molar-refractivity contribution in [2.75, 3.05) is 13.1 Å². The highest BCUT2D eigenvalue weighted by molar-refractivity contribution is 6.30. The maximum absolute atomic E-state index is 13.2. The first kappa shape index (κ1) is 24.9. The number of tetrazole rings is 1. The summed E-state index contributed by atoms with van der Waals surface area (Å²) in [5, 5.41) is 14.9. The molecule has 8 nitrogen and oxygen atoms in total. The lowest BCUT2D eigenvalue weighted by molar-refractivity contribution is -0.136. The van der Waals surface area contributed by atoms with Crippen molar-refractivity contribution in [3.63, 3.8) is 0 Å². The number of nitrogens with one attached hydrogen (secondary N) is 1. The van der Waals surface area contributed by atoms with Crippen molar-refractivity contribution in [3.8, 4) is 5.69 Å². The van der Waals surface area contributed by atoms with Gasteiger partial charge in [-0.1, -0.05) is 43.6 Å². The summed E-state index contributed by atoms with van der Waals surface area (Å²) >= 11 is 6.06. The predicted octanol–water partition coefficient (Wildman–Crippen LogP) is 4.26. The average Bonchev–Trinajstić information content (AvgIpc) is 3.34. The van der Waals surface area contributed by atoms with Gasteiger partial charge in [-0.15, -0.1) is 5.10 Å². The number of piperidine rings is 1. The van der Waals surface area contributed by atoms with Crippen LogP contribution in [0.4, 0.5) is 0 Å². The molecule has 2 heterocycles. The summed E-state index contributed by atoms with van der Waals surface area (Å²) in [6.45, 7) is 9.51. The van der Waals surface area contributed by atoms with E-state index in [2.05, 4.69) is 46.8 Å². The molecule has 1 aliphatic heterocycles. The summed E-state index contributed by atoms with van der Waals surface area (Å²) in [4.78, 5) is 28.1. The minimum absolute atomic E-state index is 0.0420. The Morgan fingerprint density at radius 2 is 1.91 bits per heavy atom. The van der Waals surface area contributed by atoms with Crippen molar-refractivity contribution >= 4 is 23.4 Å². The molecule has 2 amide bonds. The van der Waals surface area contributed by atoms with Gasteiger partial charge >= 0.3 is 0 Å². The van der Waals surface area contributed by atoms with E-state index in [1.54, 1.807) is 18.2 Å². The monoisotopic (exact) mass is 494 g/mol. The number of aromatic nitrogens is 4. The topological polar surface area (TPSA) is 93.0 Å². The molecule has 1 atom stereocenters. The number of carbonyl (C=O) groups excluding carboxylic acids is 2. The Morgan fingerprint density at radius 3 is 2.57 bits per heavy atom. The van der Waals surface area contributed by atoms with Crippen molar-refractivity contribution in [2.45, 2.75) is 52.0 Å². The molecule has 1 unspecified atom stereocenters. The Kier molecular flexibility index (Phi) is 6.94. The van der Waals surface area contributed by atoms with Crippen molar-refractivity contribution in [1.29, 1.82) is 0 Å². The average molecular weight is 495 g/mol. The number of rotatable bonds is 6. The van der Waals surface area contributed by atoms with Crippen LogP contribution in [-0.4, -0.2) is 55.5 Å². The van der Waals surface area contributed by atoms with Crippen LogP contribution in [0, 0.1) is 5.41 Å². The van der Waals surface area contributed by atoms with Gasteiger partial charge in [0.15, 0.2) is 0 Å². The quantitative estimate of drug-likeness (QED) is 0.552. The molecule has 0 bridgehead atoms. The summed E-state index contributed by atoms with van der Waals surface area (Å²) in [7, 11) is 0. The standard InChI is InChI=1S/C26H31ClN6O2/c1-25(2)16-32(13-12-22(25)18-8-10-20(27)11-9-18)23(34)15-26(3,4)29-24(35)19-6-5-7-21(14-19)33-17-28-30-31-33/h5-11,14,17,22H,12-13,15-16H2,1-4H3,(H,29,35). The third-order valence-corrected chi connectivity index (χ3v) is 6.87. The van der Waals surface area contributed by atoms with E-state index >= 15 is 0 Å². The van der Waals surface area contributed by atoms with E-state index in [4.69, 9.17) is 11.6 Å². The van der Waals surface area contributed by atoms with Gasteiger partial charge < -0.3 is 10.2 Å². The molecule has 0 radical (unpaired) electrons. The Hall–Kier alpha value is -3.26. The van der Waals surface area contributed by atoms with E-state index in [9.17, 15) is 9.59 Å². The Morgan fingerprint density at radius 1 is 1.17 bits per heavy atom. The third-order valence-electron chi connectivity index (χ3n) is 6.62. The fraction of sp³-hybridized carbons (Fsp3) is 0.423. The zero-order valence-corrected chi connectivity index (χ0v) is 21.3. The van der Waals surface area contributed by atoms with E-state index in [-0.39, 0.29) is 23.7 Å². The number of nitrogens with zero attached hydrogens (tertiary/aromatic N) is 5. The molecule has 1 N–H and O–H groups in total. The molecule has 0 saturated carbocycles. The Balaban J connectivity index is 1.38. The van der Waals surface area contributed by atoms with Crippen molar-refractivity contribution < 1.29 is 9.59 Å². The minimum Gasteiger partial charge on any atom is -0.347 e. The fourth-order valence-electron chi connectivity index (χ4n) is 4.87. The second kappa shape index (κ2) is 9.77. The number of amides is 2. The predicted molar refractivity (Wildman–Crippen MR) is 134 cm³/mol. The highest BCUT2D eigenvalue weighted by Crippen LogP contribution is 2.42. The lowest BCUT2D eigenvalue weighted by Crippen LogP contribution is -2.51. The number of benzene rings is 2. The number of halogens is 1. The molecule has 2 aromatic carbocycles. The molecule has 184 valence electrons. The second-order valence-corrected chi connectivity index (χ2v) is 11.0. The third kappa shape index (κ3) is 5.88. The van der Waals surface area contributed by atoms with Crippen molar-refractivity contribution in [3.05, 3.63) is 71.0 Å². The van der Waals surface area contributed by atoms with Crippen LogP contribution in [0.1, 0.15) is 62.4 Å². The van der Waals surface area contributed by atoms with E-state index < -0.39 is 5.54 Å². The summed E-state index contributed by atoms with van der Waals surface area (Å²) in [5.74, 6) is 0.142. The first-order valence-electron chi connectivity index (χ1n) is 11.7. The molecule has 0 aliphatic carbocycles. The zero-order chi connectivity index (χ0) is 25.2. The van der Waals surface area contributed by atoms with Crippen LogP contribution in [0.3, 0.4) is 0 Å². The molecule has 1 aromatic heterocycles. The van der Waals surface area contributed by atoms with Crippen LogP contribution in [0.15, 0.2) is 54.9 Å². The van der Waals surface area contributed by atoms with E-state index in [0.29, 0.717) is 30.3 Å². The highest BCUT2D eigenvalue weighted by atomic mass is 35.5. The van der Waals surface area contributed by atoms with E-state index in [1.165, 1.54) is 16.6 Å². The molecule has 1 saturated heterocycles. The van der Waals surface area contributed by atoms with Gasteiger partial charge in [-0.25, -0.2) is 4.68 Å². The van der Waals surface area contributed by atoms with Gasteiger partial charge in [0.05, 0.1) is 5.69 Å². The molecular weight excluding hydrogens is 464 g/mol. The van der Waals surface area contributed by atoms with Gasteiger partial charge in [-0.2, -0.15) is 0 Å². The molecule has 1 aliphatic rings. The van der Waals surface area contributed by atoms with Gasteiger partial charge in [0.1, 0.15) is 6.33 Å². The van der Waals surface area contributed by atoms with Crippen LogP contribution in [0.2, 0.25) is 5.02 Å². The van der Waals surface area contributed by atoms with Crippen molar-refractivity contribution in [2.24, 2.45) is 5.41 Å². The summed E-state index contributed by atoms with van der Waals surface area (Å²) in [6, 6.07) is 15.0. The van der Waals surface area contributed by atoms with Crippen molar-refractivity contribution in [1.82, 2.24) is 30.4 Å². The lowest BCUT2D eigenvalue weighted by atomic mass is 9.70. The van der Waals surface area contributed by atoms with E-state index in [0.717, 1.165) is 11.4 Å². The highest BCUT2D eigenvalue weighted by Gasteiger charge is 2.39. The van der Waals surface area contributed by atoms with Gasteiger partial charge in [-0.05, 0) is 77.9 Å². The number of likely N-dealkylation sites (tertiary alicyclic amines) is 1. The van der Waals surface area contributed by atoms with Gasteiger partial charge in [0.2, 0.25) is 5.91 Å². The fourth-order valence-corrected chi connectivity index (χ4v) is 4.99. The number of hydrogen-bond donors (Lipinski definition) is 1. The normalized spacial score (nSPS) is 17.7. The molecule has 1 fully saturated rings. The minimum atomic E-state index is -0.712. The lowest BCUT2D eigenvalue weighted by Gasteiger charge is -2.45. The number of hydrogen-bond acceptors (Lipinski definition) is 5. The smallest absolute Gasteiger partial charge is 0.251 e. The number of carbonyl (C=O) groups is 2. The van der Waals surface area contributed by atoms with Crippen LogP contribution in [0.5, 0.6) is 0 Å². The largest absolute Gasteiger partial charge is 0.347 e. The molecule has 4 rings (SSSR count). The van der Waals surface area contributed by atoms with E-state index in [1.807, 2.05) is 36.9 Å². The zero-order valence-electron chi connectivity index (χ0n) is 20.5. The second-order valence-electron chi connectivity index (χ2n) is 10.5. The van der Waals surface area contributed by atoms with Crippen LogP contribution in [0.25, 0.3) is 5.69 Å². The van der Waals surface area contributed by atoms with Gasteiger partial charge in [-0.3, -0.25) is 9.59 Å². The SMILES string of the molecule is CC(C)(CC(=O)N1CCC(c2ccc(Cl)cc2)C(C)(C)C1)NC(=O)c1cccc(-n2cnnn2)c1. The molecule has 3 aromatic rings. The summed E-state index contributed by atoms with van der Waals surface area (Å²) in [5.41, 5.74) is 1.62. The van der Waals surface area contributed by atoms with Gasteiger partial charge in [0, 0.05) is 35.6 Å². The van der Waals surface area contributed by atoms with Gasteiger partial charge in [0.25, 0.3) is 5.91 Å². The molecule has 9 heteroatoms. The summed E-state index contributed by atoms with van der Waals surface area (Å²) in [6.07, 6.45) is 2.57. The Labute approximate surface area is 210 Å². The van der Waals surface area contributed by atoms with Crippen LogP contribution in [-0.2, 0) is 4.79 Å². The molecule has 0 spiro atoms. The molecule has 35 heavy (non-hydrogen) atoms. The summed E-state index contributed by atoms with van der Waals surface area (Å²) < 4.78 is 1.49. The maximum Gasteiger partial charge on any atom is 0.251 e. The first-order chi connectivity index (χ1) is 16.5. The Bertz CT molecular complexity index is 1190. The van der Waals surface area contributed by atoms with Crippen LogP contribution < -0.4 is 5.32 Å². The van der Waals surface area contributed by atoms with Crippen LogP contribution >= 0.6 is 11.6 Å². The maximum atomic E-state index is 13.2. The molecular formula is C26H31ClN6O2. The first-order valence-corrected chi connectivity index (χ1v) is 12.1.